The molecule has 0 atom stereocenters. The van der Waals surface area contributed by atoms with Crippen LogP contribution in [0.2, 0.25) is 0 Å². The zero-order valence-electron chi connectivity index (χ0n) is 57.2. The van der Waals surface area contributed by atoms with Crippen LogP contribution in [0.5, 0.6) is 0 Å². The molecule has 6 nitrogen and oxygen atoms in total. The maximum Gasteiger partial charge on any atom is 0.321 e. The van der Waals surface area contributed by atoms with Gasteiger partial charge in [-0.3, -0.25) is 15.1 Å². The first-order valence-electron chi connectivity index (χ1n) is 35.6. The SMILES string of the molecule is Cc1cc(=O)[nH]c(NC(=O)NCCCC(CCCC(CCCC(CCC(C)C)CCC(C)C)CCCC(CCC(C)C)CCC(C)C)CCCC(CCCC(CCC(C)C)CCC(C)C)CCCC(CCC(C)C)CCC(C)C)n1. The average molecular weight is 1120 g/mol. The van der Waals surface area contributed by atoms with Crippen LogP contribution >= 0.6 is 0 Å². The normalized spacial score (nSPS) is 12.7. The highest BCUT2D eigenvalue weighted by atomic mass is 16.2. The Balaban J connectivity index is 3.36. The highest BCUT2D eigenvalue weighted by Gasteiger charge is 2.21. The van der Waals surface area contributed by atoms with Gasteiger partial charge in [0.05, 0.1) is 0 Å². The van der Waals surface area contributed by atoms with E-state index in [1.54, 1.807) is 6.92 Å². The number of rotatable bonds is 53. The number of carbonyl (C=O) groups excluding carboxylic acids is 1. The monoisotopic (exact) mass is 1120 g/mol. The number of aromatic nitrogens is 2. The molecule has 1 aromatic rings. The molecule has 0 aliphatic carbocycles. The molecule has 0 bridgehead atoms. The van der Waals surface area contributed by atoms with Crippen molar-refractivity contribution in [3.63, 3.8) is 0 Å². The number of amides is 2. The molecule has 1 aromatic heterocycles. The summed E-state index contributed by atoms with van der Waals surface area (Å²) >= 11 is 0. The summed E-state index contributed by atoms with van der Waals surface area (Å²) in [5.41, 5.74) is 0.344. The number of H-pyrrole nitrogens is 1. The highest BCUT2D eigenvalue weighted by Crippen LogP contribution is 2.35. The molecular weight excluding hydrogens is 977 g/mol. The van der Waals surface area contributed by atoms with E-state index in [1.165, 1.54) is 224 Å². The van der Waals surface area contributed by atoms with Gasteiger partial charge in [-0.25, -0.2) is 9.78 Å². The lowest BCUT2D eigenvalue weighted by Gasteiger charge is -2.25. The first kappa shape index (κ1) is 76.2. The van der Waals surface area contributed by atoms with Crippen LogP contribution in [0.4, 0.5) is 10.7 Å². The second kappa shape index (κ2) is 47.4. The van der Waals surface area contributed by atoms with E-state index in [4.69, 9.17) is 0 Å². The predicted octanol–water partition coefficient (Wildman–Crippen LogP) is 23.8. The number of anilines is 1. The maximum atomic E-state index is 13.0. The molecule has 1 rings (SSSR count). The topological polar surface area (TPSA) is 86.9 Å². The minimum atomic E-state index is -0.293. The van der Waals surface area contributed by atoms with Gasteiger partial charge in [0.25, 0.3) is 5.56 Å². The number of carbonyl (C=O) groups is 1. The van der Waals surface area contributed by atoms with Crippen LogP contribution in [0, 0.1) is 95.7 Å². The van der Waals surface area contributed by atoms with E-state index in [0.29, 0.717) is 18.2 Å². The van der Waals surface area contributed by atoms with Crippen LogP contribution < -0.4 is 16.2 Å². The summed E-state index contributed by atoms with van der Waals surface area (Å²) < 4.78 is 0. The summed E-state index contributed by atoms with van der Waals surface area (Å²) in [5, 5.41) is 5.89. The molecular formula is C74H144N4O2. The van der Waals surface area contributed by atoms with Crippen LogP contribution in [-0.2, 0) is 0 Å². The van der Waals surface area contributed by atoms with Gasteiger partial charge in [0.2, 0.25) is 5.95 Å². The summed E-state index contributed by atoms with van der Waals surface area (Å²) in [6.45, 7) is 41.1. The Morgan fingerprint density at radius 2 is 0.562 bits per heavy atom. The molecule has 0 aliphatic rings. The van der Waals surface area contributed by atoms with Crippen molar-refractivity contribution in [1.82, 2.24) is 15.3 Å². The molecule has 3 N–H and O–H groups in total. The van der Waals surface area contributed by atoms with Gasteiger partial charge in [-0.15, -0.1) is 0 Å². The van der Waals surface area contributed by atoms with E-state index in [-0.39, 0.29) is 17.5 Å². The van der Waals surface area contributed by atoms with E-state index in [2.05, 4.69) is 131 Å². The molecule has 0 saturated carbocycles. The van der Waals surface area contributed by atoms with E-state index in [1.807, 2.05) is 0 Å². The number of aromatic amines is 1. The highest BCUT2D eigenvalue weighted by molar-refractivity contribution is 5.87. The summed E-state index contributed by atoms with van der Waals surface area (Å²) in [5.74, 6) is 12.5. The van der Waals surface area contributed by atoms with E-state index in [9.17, 15) is 9.59 Å². The van der Waals surface area contributed by atoms with E-state index >= 15 is 0 Å². The molecule has 0 fully saturated rings. The molecule has 80 heavy (non-hydrogen) atoms. The third-order valence-electron chi connectivity index (χ3n) is 18.7. The molecule has 0 unspecified atom stereocenters. The van der Waals surface area contributed by atoms with Crippen molar-refractivity contribution < 1.29 is 4.79 Å². The summed E-state index contributed by atoms with van der Waals surface area (Å²) in [6, 6.07) is 1.16. The van der Waals surface area contributed by atoms with Crippen molar-refractivity contribution in [2.45, 2.75) is 349 Å². The number of urea groups is 1. The zero-order chi connectivity index (χ0) is 59.7. The fourth-order valence-corrected chi connectivity index (χ4v) is 13.1. The largest absolute Gasteiger partial charge is 0.338 e. The summed E-state index contributed by atoms with van der Waals surface area (Å²) in [7, 11) is 0. The third kappa shape index (κ3) is 45.6. The van der Waals surface area contributed by atoms with Crippen molar-refractivity contribution in [2.24, 2.45) is 88.8 Å². The van der Waals surface area contributed by atoms with Crippen LogP contribution in [0.15, 0.2) is 10.9 Å². The lowest BCUT2D eigenvalue weighted by molar-refractivity contribution is 0.251. The van der Waals surface area contributed by atoms with Crippen molar-refractivity contribution in [3.05, 3.63) is 22.1 Å². The Kier molecular flexibility index (Phi) is 45.1. The minimum absolute atomic E-state index is 0.209. The van der Waals surface area contributed by atoms with E-state index < -0.39 is 0 Å². The van der Waals surface area contributed by atoms with E-state index in [0.717, 1.165) is 95.7 Å². The molecule has 0 aliphatic heterocycles. The van der Waals surface area contributed by atoms with Crippen LogP contribution in [-0.4, -0.2) is 22.5 Å². The number of aryl methyl sites for hydroxylation is 1. The predicted molar refractivity (Wildman–Crippen MR) is 356 cm³/mol. The molecule has 0 spiro atoms. The number of nitrogens with zero attached hydrogens (tertiary/aromatic N) is 1. The Morgan fingerprint density at radius 3 is 0.775 bits per heavy atom. The second-order valence-electron chi connectivity index (χ2n) is 30.7. The quantitative estimate of drug-likeness (QED) is 0.0568. The molecule has 0 radical (unpaired) electrons. The Morgan fingerprint density at radius 1 is 0.350 bits per heavy atom. The summed E-state index contributed by atoms with van der Waals surface area (Å²) in [6.07, 6.45) is 49.6. The standard InChI is InChI=1S/C74H144N4O2/c1-56(2)38-46-68(47-39-57(3)4)33-20-27-65(28-21-34-69(48-40-58(5)6)49-41-59(7)8)25-18-31-67(37-24-54-75-74(80)78-73-76-64(17)55-72(79)77-73)32-19-26-66(29-22-35-70(50-42-60(9)10)51-43-61(11)12)30-23-36-71(52-44-62(13)14)53-45-63(15)16/h55-63,65-71H,18-54H2,1-17H3,(H3,75,76,77,78,79,80). The molecule has 2 amide bonds. The third-order valence-corrected chi connectivity index (χ3v) is 18.7. The van der Waals surface area contributed by atoms with Crippen LogP contribution in [0.1, 0.15) is 348 Å². The Labute approximate surface area is 501 Å². The number of hydrogen-bond acceptors (Lipinski definition) is 3. The lowest BCUT2D eigenvalue weighted by Crippen LogP contribution is -2.31. The summed E-state index contributed by atoms with van der Waals surface area (Å²) in [4.78, 5) is 32.1. The van der Waals surface area contributed by atoms with Crippen LogP contribution in [0.3, 0.4) is 0 Å². The molecule has 0 aromatic carbocycles. The van der Waals surface area contributed by atoms with Crippen molar-refractivity contribution >= 4 is 12.0 Å². The molecule has 472 valence electrons. The Bertz CT molecular complexity index is 1430. The van der Waals surface area contributed by atoms with Gasteiger partial charge in [-0.1, -0.05) is 329 Å². The smallest absolute Gasteiger partial charge is 0.321 e. The first-order chi connectivity index (χ1) is 38.0. The zero-order valence-corrected chi connectivity index (χ0v) is 57.2. The van der Waals surface area contributed by atoms with Crippen LogP contribution in [0.25, 0.3) is 0 Å². The molecule has 0 saturated heterocycles. The fraction of sp³-hybridized carbons (Fsp3) is 0.932. The van der Waals surface area contributed by atoms with Crippen molar-refractivity contribution in [2.75, 3.05) is 11.9 Å². The first-order valence-corrected chi connectivity index (χ1v) is 35.6. The minimum Gasteiger partial charge on any atom is -0.338 e. The second-order valence-corrected chi connectivity index (χ2v) is 30.7. The molecule has 1 heterocycles. The molecule has 6 heteroatoms. The van der Waals surface area contributed by atoms with Crippen molar-refractivity contribution in [3.8, 4) is 0 Å². The van der Waals surface area contributed by atoms with Gasteiger partial charge >= 0.3 is 6.03 Å². The van der Waals surface area contributed by atoms with Gasteiger partial charge < -0.3 is 5.32 Å². The fourth-order valence-electron chi connectivity index (χ4n) is 13.1. The average Bonchev–Trinajstić information content (AvgIpc) is 3.36. The van der Waals surface area contributed by atoms with Gasteiger partial charge in [-0.2, -0.15) is 0 Å². The Hall–Kier alpha value is -1.85. The van der Waals surface area contributed by atoms with Gasteiger partial charge in [-0.05, 0) is 109 Å². The van der Waals surface area contributed by atoms with Gasteiger partial charge in [0.15, 0.2) is 0 Å². The number of hydrogen-bond donors (Lipinski definition) is 3. The van der Waals surface area contributed by atoms with Crippen molar-refractivity contribution in [1.29, 1.82) is 0 Å². The lowest BCUT2D eigenvalue weighted by atomic mass is 9.81. The maximum absolute atomic E-state index is 13.0. The van der Waals surface area contributed by atoms with Gasteiger partial charge in [0.1, 0.15) is 0 Å². The van der Waals surface area contributed by atoms with Gasteiger partial charge in [0, 0.05) is 18.3 Å². The number of nitrogens with one attached hydrogen (secondary N) is 3.